The number of hydrogen-bond donors (Lipinski definition) is 2. The Kier molecular flexibility index (Phi) is 4.05. The number of nitrogens with one attached hydrogen (secondary N) is 2. The fourth-order valence-electron chi connectivity index (χ4n) is 2.08. The van der Waals surface area contributed by atoms with E-state index in [1.165, 1.54) is 0 Å². The van der Waals surface area contributed by atoms with Crippen molar-refractivity contribution in [2.45, 2.75) is 25.3 Å². The van der Waals surface area contributed by atoms with Gasteiger partial charge in [-0.15, -0.1) is 6.42 Å². The minimum atomic E-state index is -0.217. The molecule has 0 bridgehead atoms. The van der Waals surface area contributed by atoms with Crippen molar-refractivity contribution in [1.29, 1.82) is 0 Å². The van der Waals surface area contributed by atoms with Crippen LogP contribution in [-0.4, -0.2) is 22.6 Å². The van der Waals surface area contributed by atoms with Gasteiger partial charge in [0.25, 0.3) is 5.91 Å². The van der Waals surface area contributed by atoms with E-state index in [4.69, 9.17) is 10.9 Å². The van der Waals surface area contributed by atoms with Crippen molar-refractivity contribution in [2.24, 2.45) is 0 Å². The second-order valence-electron chi connectivity index (χ2n) is 5.11. The second-order valence-corrected chi connectivity index (χ2v) is 5.11. The number of anilines is 1. The average Bonchev–Trinajstić information content (AvgIpc) is 3.29. The Bertz CT molecular complexity index is 713. The van der Waals surface area contributed by atoms with Gasteiger partial charge in [-0.1, -0.05) is 23.2 Å². The molecule has 6 nitrogen and oxygen atoms in total. The zero-order valence-electron chi connectivity index (χ0n) is 12.0. The molecule has 0 atom stereocenters. The number of aromatic nitrogens is 2. The van der Waals surface area contributed by atoms with Crippen LogP contribution in [0, 0.1) is 12.3 Å². The number of carbonyl (C=O) groups excluding carboxylic acids is 1. The molecule has 2 aromatic rings. The number of hydrogen-bond acceptors (Lipinski definition) is 5. The van der Waals surface area contributed by atoms with Gasteiger partial charge in [-0.25, -0.2) is 0 Å². The summed E-state index contributed by atoms with van der Waals surface area (Å²) in [6.07, 6.45) is 7.41. The van der Waals surface area contributed by atoms with Crippen LogP contribution in [0.3, 0.4) is 0 Å². The van der Waals surface area contributed by atoms with Crippen LogP contribution in [-0.2, 0) is 6.54 Å². The minimum Gasteiger partial charge on any atom is -0.375 e. The molecule has 112 valence electrons. The van der Waals surface area contributed by atoms with Gasteiger partial charge in [0.15, 0.2) is 5.82 Å². The molecule has 1 fully saturated rings. The summed E-state index contributed by atoms with van der Waals surface area (Å²) >= 11 is 0. The predicted molar refractivity (Wildman–Crippen MR) is 81.2 cm³/mol. The summed E-state index contributed by atoms with van der Waals surface area (Å²) in [6, 6.07) is 7.21. The van der Waals surface area contributed by atoms with Gasteiger partial charge in [0.05, 0.1) is 18.7 Å². The summed E-state index contributed by atoms with van der Waals surface area (Å²) < 4.78 is 5.20. The van der Waals surface area contributed by atoms with Crippen molar-refractivity contribution >= 4 is 11.6 Å². The summed E-state index contributed by atoms with van der Waals surface area (Å²) in [5.74, 6) is 3.91. The molecule has 0 unspecified atom stereocenters. The van der Waals surface area contributed by atoms with E-state index in [1.54, 1.807) is 12.1 Å². The van der Waals surface area contributed by atoms with Crippen LogP contribution in [0.1, 0.15) is 40.8 Å². The summed E-state index contributed by atoms with van der Waals surface area (Å²) in [7, 11) is 0. The van der Waals surface area contributed by atoms with Crippen molar-refractivity contribution in [3.63, 3.8) is 0 Å². The first kappa shape index (κ1) is 14.1. The molecule has 6 heteroatoms. The third-order valence-corrected chi connectivity index (χ3v) is 3.38. The van der Waals surface area contributed by atoms with Crippen molar-refractivity contribution in [3.8, 4) is 12.3 Å². The van der Waals surface area contributed by atoms with Crippen LogP contribution in [0.2, 0.25) is 0 Å². The molecule has 0 radical (unpaired) electrons. The first-order valence-electron chi connectivity index (χ1n) is 7.15. The summed E-state index contributed by atoms with van der Waals surface area (Å²) in [6.45, 7) is 0.570. The van der Waals surface area contributed by atoms with E-state index >= 15 is 0 Å². The molecule has 22 heavy (non-hydrogen) atoms. The lowest BCUT2D eigenvalue weighted by atomic mass is 10.1. The molecule has 1 amide bonds. The van der Waals surface area contributed by atoms with Gasteiger partial charge >= 0.3 is 0 Å². The standard InChI is InChI=1S/C16H16N4O2/c1-2-9-17-16(21)12-5-3-4-6-13(12)18-10-14-19-15(20-22-14)11-7-8-11/h1,3-6,11,18H,7-10H2,(H,17,21). The Hall–Kier alpha value is -2.81. The Morgan fingerprint density at radius 1 is 1.41 bits per heavy atom. The third kappa shape index (κ3) is 3.26. The van der Waals surface area contributed by atoms with Crippen LogP contribution < -0.4 is 10.6 Å². The van der Waals surface area contributed by atoms with E-state index in [0.717, 1.165) is 18.7 Å². The molecule has 0 saturated heterocycles. The highest BCUT2D eigenvalue weighted by molar-refractivity contribution is 5.99. The smallest absolute Gasteiger partial charge is 0.254 e. The summed E-state index contributed by atoms with van der Waals surface area (Å²) in [4.78, 5) is 16.4. The zero-order chi connectivity index (χ0) is 15.4. The number of terminal acetylenes is 1. The minimum absolute atomic E-state index is 0.196. The molecule has 1 aliphatic carbocycles. The largest absolute Gasteiger partial charge is 0.375 e. The Morgan fingerprint density at radius 2 is 2.23 bits per heavy atom. The Labute approximate surface area is 128 Å². The van der Waals surface area contributed by atoms with Gasteiger partial charge in [0.1, 0.15) is 0 Å². The first-order valence-corrected chi connectivity index (χ1v) is 7.15. The highest BCUT2D eigenvalue weighted by atomic mass is 16.5. The normalized spacial score (nSPS) is 13.4. The summed E-state index contributed by atoms with van der Waals surface area (Å²) in [5, 5.41) is 9.76. The SMILES string of the molecule is C#CCNC(=O)c1ccccc1NCc1nc(C2CC2)no1. The first-order chi connectivity index (χ1) is 10.8. The number of amides is 1. The van der Waals surface area contributed by atoms with Crippen LogP contribution in [0.25, 0.3) is 0 Å². The zero-order valence-corrected chi connectivity index (χ0v) is 12.0. The van der Waals surface area contributed by atoms with Crippen LogP contribution in [0.5, 0.6) is 0 Å². The molecule has 1 heterocycles. The Balaban J connectivity index is 1.66. The van der Waals surface area contributed by atoms with Gasteiger partial charge < -0.3 is 15.2 Å². The lowest BCUT2D eigenvalue weighted by Crippen LogP contribution is -2.24. The van der Waals surface area contributed by atoms with Gasteiger partial charge in [0.2, 0.25) is 5.89 Å². The fraction of sp³-hybridized carbons (Fsp3) is 0.312. The van der Waals surface area contributed by atoms with Crippen molar-refractivity contribution in [1.82, 2.24) is 15.5 Å². The maximum atomic E-state index is 12.0. The maximum Gasteiger partial charge on any atom is 0.254 e. The molecular formula is C16H16N4O2. The van der Waals surface area contributed by atoms with Crippen LogP contribution in [0.15, 0.2) is 28.8 Å². The van der Waals surface area contributed by atoms with E-state index in [0.29, 0.717) is 29.6 Å². The van der Waals surface area contributed by atoms with Gasteiger partial charge in [-0.3, -0.25) is 4.79 Å². The number of carbonyl (C=O) groups is 1. The predicted octanol–water partition coefficient (Wildman–Crippen LogP) is 1.92. The van der Waals surface area contributed by atoms with Crippen LogP contribution >= 0.6 is 0 Å². The lowest BCUT2D eigenvalue weighted by Gasteiger charge is -2.09. The van der Waals surface area contributed by atoms with E-state index in [1.807, 2.05) is 12.1 Å². The van der Waals surface area contributed by atoms with Crippen molar-refractivity contribution in [2.75, 3.05) is 11.9 Å². The molecule has 1 aromatic heterocycles. The van der Waals surface area contributed by atoms with E-state index < -0.39 is 0 Å². The maximum absolute atomic E-state index is 12.0. The van der Waals surface area contributed by atoms with E-state index in [9.17, 15) is 4.79 Å². The van der Waals surface area contributed by atoms with E-state index in [-0.39, 0.29) is 12.5 Å². The molecule has 0 aliphatic heterocycles. The molecule has 1 aromatic carbocycles. The number of benzene rings is 1. The topological polar surface area (TPSA) is 80.0 Å². The summed E-state index contributed by atoms with van der Waals surface area (Å²) in [5.41, 5.74) is 1.22. The van der Waals surface area contributed by atoms with Crippen molar-refractivity contribution in [3.05, 3.63) is 41.5 Å². The molecule has 3 rings (SSSR count). The number of para-hydroxylation sites is 1. The van der Waals surface area contributed by atoms with Gasteiger partial charge in [-0.05, 0) is 25.0 Å². The Morgan fingerprint density at radius 3 is 3.00 bits per heavy atom. The monoisotopic (exact) mass is 296 g/mol. The highest BCUT2D eigenvalue weighted by Gasteiger charge is 2.28. The third-order valence-electron chi connectivity index (χ3n) is 3.38. The van der Waals surface area contributed by atoms with Crippen LogP contribution in [0.4, 0.5) is 5.69 Å². The molecule has 1 saturated carbocycles. The lowest BCUT2D eigenvalue weighted by molar-refractivity contribution is 0.0959. The fourth-order valence-corrected chi connectivity index (χ4v) is 2.08. The molecule has 0 spiro atoms. The number of rotatable bonds is 6. The van der Waals surface area contributed by atoms with Gasteiger partial charge in [-0.2, -0.15) is 4.98 Å². The quantitative estimate of drug-likeness (QED) is 0.796. The molecule has 1 aliphatic rings. The van der Waals surface area contributed by atoms with Crippen molar-refractivity contribution < 1.29 is 9.32 Å². The van der Waals surface area contributed by atoms with E-state index in [2.05, 4.69) is 26.7 Å². The van der Waals surface area contributed by atoms with Gasteiger partial charge in [0, 0.05) is 11.6 Å². The second kappa shape index (κ2) is 6.31. The molecule has 2 N–H and O–H groups in total. The highest BCUT2D eigenvalue weighted by Crippen LogP contribution is 2.38. The number of nitrogens with zero attached hydrogens (tertiary/aromatic N) is 2. The average molecular weight is 296 g/mol. The molecular weight excluding hydrogens is 280 g/mol.